The van der Waals surface area contributed by atoms with E-state index in [1.165, 1.54) is 83.5 Å². The van der Waals surface area contributed by atoms with E-state index in [4.69, 9.17) is 0 Å². The van der Waals surface area contributed by atoms with Crippen LogP contribution in [0.15, 0.2) is 109 Å². The molecule has 0 heterocycles. The van der Waals surface area contributed by atoms with Crippen molar-refractivity contribution >= 4 is 11.1 Å². The molecule has 0 saturated heterocycles. The monoisotopic (exact) mass is 584 g/mol. The lowest BCUT2D eigenvalue weighted by Gasteiger charge is -2.44. The summed E-state index contributed by atoms with van der Waals surface area (Å²) in [5, 5.41) is 0. The molecule has 0 aromatic heterocycles. The first-order chi connectivity index (χ1) is 21.4. The van der Waals surface area contributed by atoms with Crippen molar-refractivity contribution in [2.75, 3.05) is 0 Å². The number of fused-ring (bicyclic) bond motifs is 5. The first-order valence-electron chi connectivity index (χ1n) is 16.7. The zero-order valence-electron chi connectivity index (χ0n) is 28.1. The molecule has 4 aromatic rings. The predicted molar refractivity (Wildman–Crippen MR) is 192 cm³/mol. The molecule has 224 valence electrons. The number of aryl methyl sites for hydroxylation is 2. The van der Waals surface area contributed by atoms with Gasteiger partial charge in [-0.15, -0.1) is 0 Å². The van der Waals surface area contributed by atoms with Crippen LogP contribution in [0.4, 0.5) is 0 Å². The largest absolute Gasteiger partial charge is 0.0804 e. The number of hydrogen-bond donors (Lipinski definition) is 0. The van der Waals surface area contributed by atoms with Crippen molar-refractivity contribution in [2.45, 2.75) is 84.0 Å². The highest BCUT2D eigenvalue weighted by molar-refractivity contribution is 5.90. The van der Waals surface area contributed by atoms with Gasteiger partial charge in [0.25, 0.3) is 0 Å². The van der Waals surface area contributed by atoms with E-state index >= 15 is 0 Å². The summed E-state index contributed by atoms with van der Waals surface area (Å²) in [7, 11) is 0. The third-order valence-corrected chi connectivity index (χ3v) is 11.4. The molecule has 0 saturated carbocycles. The maximum atomic E-state index is 2.61. The minimum atomic E-state index is -0.371. The molecule has 4 aromatic carbocycles. The van der Waals surface area contributed by atoms with Crippen molar-refractivity contribution in [1.82, 2.24) is 0 Å². The van der Waals surface area contributed by atoms with E-state index in [0.717, 1.165) is 6.42 Å². The van der Waals surface area contributed by atoms with Crippen LogP contribution in [0.2, 0.25) is 0 Å². The average Bonchev–Trinajstić information content (AvgIpc) is 3.74. The summed E-state index contributed by atoms with van der Waals surface area (Å²) < 4.78 is 0. The fourth-order valence-corrected chi connectivity index (χ4v) is 9.35. The lowest BCUT2D eigenvalue weighted by molar-refractivity contribution is 0.524. The molecule has 0 heteroatoms. The molecule has 0 nitrogen and oxygen atoms in total. The van der Waals surface area contributed by atoms with Gasteiger partial charge >= 0.3 is 0 Å². The van der Waals surface area contributed by atoms with E-state index < -0.39 is 0 Å². The van der Waals surface area contributed by atoms with Crippen molar-refractivity contribution < 1.29 is 0 Å². The van der Waals surface area contributed by atoms with Crippen LogP contribution >= 0.6 is 0 Å². The molecule has 45 heavy (non-hydrogen) atoms. The number of benzene rings is 4. The molecule has 0 aliphatic heterocycles. The Balaban J connectivity index is 1.53. The molecular formula is C45H44. The molecule has 0 unspecified atom stereocenters. The third-order valence-electron chi connectivity index (χ3n) is 11.4. The Morgan fingerprint density at radius 1 is 0.578 bits per heavy atom. The summed E-state index contributed by atoms with van der Waals surface area (Å²) in [6.45, 7) is 18.5. The zero-order valence-corrected chi connectivity index (χ0v) is 28.1. The summed E-state index contributed by atoms with van der Waals surface area (Å²) in [5.74, 6) is 0.128. The summed E-state index contributed by atoms with van der Waals surface area (Å²) in [5.41, 5.74) is 20.7. The van der Waals surface area contributed by atoms with Gasteiger partial charge in [-0.05, 0) is 113 Å². The van der Waals surface area contributed by atoms with Gasteiger partial charge in [-0.25, -0.2) is 0 Å². The summed E-state index contributed by atoms with van der Waals surface area (Å²) in [6.07, 6.45) is 12.9. The fourth-order valence-electron chi connectivity index (χ4n) is 9.35. The highest BCUT2D eigenvalue weighted by atomic mass is 14.5. The highest BCUT2D eigenvalue weighted by Gasteiger charge is 2.51. The number of hydrogen-bond acceptors (Lipinski definition) is 0. The van der Waals surface area contributed by atoms with E-state index in [1.54, 1.807) is 0 Å². The molecule has 0 spiro atoms. The number of rotatable bonds is 4. The van der Waals surface area contributed by atoms with Gasteiger partial charge in [0, 0.05) is 16.7 Å². The van der Waals surface area contributed by atoms with Crippen LogP contribution in [0, 0.1) is 13.8 Å². The Labute approximate surface area is 269 Å². The second-order valence-electron chi connectivity index (χ2n) is 15.4. The Bertz CT molecular complexity index is 1900. The maximum absolute atomic E-state index is 2.61. The van der Waals surface area contributed by atoms with E-state index in [0.29, 0.717) is 0 Å². The van der Waals surface area contributed by atoms with Crippen LogP contribution in [0.1, 0.15) is 110 Å². The molecule has 4 aliphatic carbocycles. The van der Waals surface area contributed by atoms with Gasteiger partial charge in [0.05, 0.1) is 5.41 Å². The minimum absolute atomic E-state index is 0.00139. The second kappa shape index (κ2) is 9.43. The van der Waals surface area contributed by atoms with Crippen LogP contribution in [-0.2, 0) is 16.2 Å². The topological polar surface area (TPSA) is 0 Å². The van der Waals surface area contributed by atoms with E-state index in [2.05, 4.69) is 159 Å². The van der Waals surface area contributed by atoms with Crippen LogP contribution in [0.3, 0.4) is 0 Å². The summed E-state index contributed by atoms with van der Waals surface area (Å²) in [4.78, 5) is 0. The van der Waals surface area contributed by atoms with Gasteiger partial charge in [-0.2, -0.15) is 0 Å². The molecular weight excluding hydrogens is 540 g/mol. The lowest BCUT2D eigenvalue weighted by atomic mass is 9.58. The van der Waals surface area contributed by atoms with E-state index in [1.807, 2.05) is 0 Å². The lowest BCUT2D eigenvalue weighted by Crippen LogP contribution is -2.37. The van der Waals surface area contributed by atoms with Gasteiger partial charge < -0.3 is 0 Å². The molecule has 0 bridgehead atoms. The molecule has 8 rings (SSSR count). The highest BCUT2D eigenvalue weighted by Crippen LogP contribution is 2.63. The first kappa shape index (κ1) is 28.3. The normalized spacial score (nSPS) is 18.7. The maximum Gasteiger partial charge on any atom is 0.0526 e. The van der Waals surface area contributed by atoms with Crippen molar-refractivity contribution in [1.29, 1.82) is 0 Å². The fraction of sp³-hybridized carbons (Fsp3) is 0.289. The molecule has 0 N–H and O–H groups in total. The Kier molecular flexibility index (Phi) is 5.93. The first-order valence-corrected chi connectivity index (χ1v) is 16.7. The van der Waals surface area contributed by atoms with Crippen molar-refractivity contribution in [3.63, 3.8) is 0 Å². The number of allylic oxidation sites excluding steroid dienone is 8. The van der Waals surface area contributed by atoms with Gasteiger partial charge in [-0.1, -0.05) is 135 Å². The average molecular weight is 585 g/mol. The molecule has 0 fully saturated rings. The summed E-state index contributed by atoms with van der Waals surface area (Å²) >= 11 is 0. The summed E-state index contributed by atoms with van der Waals surface area (Å²) in [6, 6.07) is 29.2. The molecule has 0 atom stereocenters. The van der Waals surface area contributed by atoms with Gasteiger partial charge in [0.1, 0.15) is 0 Å². The molecule has 0 radical (unpaired) electrons. The van der Waals surface area contributed by atoms with Gasteiger partial charge in [0.2, 0.25) is 0 Å². The quantitative estimate of drug-likeness (QED) is 0.224. The second-order valence-corrected chi connectivity index (χ2v) is 15.4. The predicted octanol–water partition coefficient (Wildman–Crippen LogP) is 11.7. The van der Waals surface area contributed by atoms with E-state index in [9.17, 15) is 0 Å². The standard InChI is InChI=1S/C45H44/c1-27-13-17-32(18-14-27)45(31-11-9-10-12-31,33-19-15-28(2)16-20-33)42-38-23-40-34(29(3)25-43(40,5)6)21-36(38)37-22-35-30(4)26-44(7,8)41(35)24-39(37)42/h9-11,13-26,42H,12H2,1-8H3. The zero-order chi connectivity index (χ0) is 31.5. The minimum Gasteiger partial charge on any atom is -0.0804 e. The van der Waals surface area contributed by atoms with Crippen LogP contribution in [0.5, 0.6) is 0 Å². The van der Waals surface area contributed by atoms with Crippen molar-refractivity contribution in [3.8, 4) is 11.1 Å². The Morgan fingerprint density at radius 3 is 1.42 bits per heavy atom. The van der Waals surface area contributed by atoms with E-state index in [-0.39, 0.29) is 22.2 Å². The smallest absolute Gasteiger partial charge is 0.0526 e. The third kappa shape index (κ3) is 3.91. The Hall–Kier alpha value is -4.16. The van der Waals surface area contributed by atoms with Gasteiger partial charge in [-0.3, -0.25) is 0 Å². The van der Waals surface area contributed by atoms with Crippen LogP contribution < -0.4 is 0 Å². The van der Waals surface area contributed by atoms with Crippen molar-refractivity contribution in [3.05, 3.63) is 164 Å². The van der Waals surface area contributed by atoms with Gasteiger partial charge in [0.15, 0.2) is 0 Å². The van der Waals surface area contributed by atoms with Crippen LogP contribution in [0.25, 0.3) is 22.3 Å². The van der Waals surface area contributed by atoms with Crippen LogP contribution in [-0.4, -0.2) is 0 Å². The SMILES string of the molecule is CC1=CC(C)(C)c2cc3c(cc21)-c1cc2c(cc1C3C(C1=CC=CC1)(c1ccc(C)cc1)c1ccc(C)cc1)C(C)(C)C=C2C. The Morgan fingerprint density at radius 2 is 1.02 bits per heavy atom. The van der Waals surface area contributed by atoms with Crippen molar-refractivity contribution in [2.24, 2.45) is 0 Å². The molecule has 0 amide bonds. The molecule has 4 aliphatic rings.